The summed E-state index contributed by atoms with van der Waals surface area (Å²) in [5.41, 5.74) is 3.69. The van der Waals surface area contributed by atoms with E-state index in [-0.39, 0.29) is 11.4 Å². The molecule has 1 saturated heterocycles. The predicted octanol–water partition coefficient (Wildman–Crippen LogP) is 2.29. The Morgan fingerprint density at radius 3 is 2.29 bits per heavy atom. The highest BCUT2D eigenvalue weighted by Gasteiger charge is 2.34. The average Bonchev–Trinajstić information content (AvgIpc) is 2.78. The van der Waals surface area contributed by atoms with Gasteiger partial charge in [-0.1, -0.05) is 30.3 Å². The van der Waals surface area contributed by atoms with Crippen LogP contribution in [0, 0.1) is 5.82 Å². The molecule has 104 valence electrons. The second-order valence-corrected chi connectivity index (χ2v) is 4.53. The van der Waals surface area contributed by atoms with Crippen molar-refractivity contribution in [1.82, 2.24) is 5.43 Å². The van der Waals surface area contributed by atoms with Gasteiger partial charge in [0, 0.05) is 0 Å². The number of para-hydroxylation sites is 1. The van der Waals surface area contributed by atoms with Crippen LogP contribution in [-0.4, -0.2) is 11.8 Å². The summed E-state index contributed by atoms with van der Waals surface area (Å²) in [5, 5.41) is 1.19. The Morgan fingerprint density at radius 2 is 1.62 bits per heavy atom. The van der Waals surface area contributed by atoms with Crippen LogP contribution in [0.15, 0.2) is 60.2 Å². The van der Waals surface area contributed by atoms with Crippen molar-refractivity contribution in [3.05, 3.63) is 71.6 Å². The molecule has 21 heavy (non-hydrogen) atoms. The normalized spacial score (nSPS) is 16.4. The highest BCUT2D eigenvalue weighted by Crippen LogP contribution is 2.21. The molecular weight excluding hydrogens is 271 g/mol. The van der Waals surface area contributed by atoms with Crippen molar-refractivity contribution >= 4 is 23.6 Å². The molecule has 0 spiro atoms. The van der Waals surface area contributed by atoms with E-state index >= 15 is 0 Å². The summed E-state index contributed by atoms with van der Waals surface area (Å²) in [6, 6.07) is 14.4. The van der Waals surface area contributed by atoms with Gasteiger partial charge in [0.2, 0.25) is 0 Å². The van der Waals surface area contributed by atoms with Crippen molar-refractivity contribution in [2.75, 3.05) is 5.01 Å². The number of hydrogen-bond donors (Lipinski definition) is 1. The molecule has 0 saturated carbocycles. The molecule has 1 aliphatic rings. The average molecular weight is 282 g/mol. The molecule has 2 aromatic rings. The molecular formula is C16H11FN2O2. The molecule has 4 nitrogen and oxygen atoms in total. The zero-order valence-corrected chi connectivity index (χ0v) is 10.9. The number of hydrogen-bond acceptors (Lipinski definition) is 2. The van der Waals surface area contributed by atoms with Gasteiger partial charge in [0.05, 0.1) is 5.69 Å². The van der Waals surface area contributed by atoms with E-state index in [1.165, 1.54) is 35.4 Å². The Hall–Kier alpha value is -2.95. The summed E-state index contributed by atoms with van der Waals surface area (Å²) in [7, 11) is 0. The van der Waals surface area contributed by atoms with E-state index in [1.54, 1.807) is 24.3 Å². The molecule has 0 aliphatic carbocycles. The lowest BCUT2D eigenvalue weighted by atomic mass is 10.1. The molecule has 2 aromatic carbocycles. The van der Waals surface area contributed by atoms with Gasteiger partial charge >= 0.3 is 0 Å². The fraction of sp³-hybridized carbons (Fsp3) is 0. The molecule has 0 atom stereocenters. The number of carbonyl (C=O) groups is 2. The maximum Gasteiger partial charge on any atom is 0.282 e. The minimum atomic E-state index is -0.479. The minimum Gasteiger partial charge on any atom is -0.267 e. The van der Waals surface area contributed by atoms with Crippen LogP contribution in [0.4, 0.5) is 10.1 Å². The number of benzene rings is 2. The van der Waals surface area contributed by atoms with Crippen LogP contribution in [0.25, 0.3) is 6.08 Å². The number of rotatable bonds is 2. The highest BCUT2D eigenvalue weighted by molar-refractivity contribution is 6.31. The first-order valence-corrected chi connectivity index (χ1v) is 6.33. The number of halogens is 1. The number of amides is 2. The largest absolute Gasteiger partial charge is 0.282 e. The monoisotopic (exact) mass is 282 g/mol. The zero-order valence-electron chi connectivity index (χ0n) is 10.9. The molecule has 1 aliphatic heterocycles. The molecule has 3 rings (SSSR count). The lowest BCUT2D eigenvalue weighted by molar-refractivity contribution is -0.117. The Labute approximate surface area is 120 Å². The molecule has 0 aromatic heterocycles. The van der Waals surface area contributed by atoms with Crippen LogP contribution >= 0.6 is 0 Å². The van der Waals surface area contributed by atoms with Crippen molar-refractivity contribution in [3.8, 4) is 0 Å². The fourth-order valence-electron chi connectivity index (χ4n) is 2.04. The van der Waals surface area contributed by atoms with Gasteiger partial charge in [-0.25, -0.2) is 9.40 Å². The molecule has 0 radical (unpaired) electrons. The first kappa shape index (κ1) is 13.1. The van der Waals surface area contributed by atoms with Gasteiger partial charge < -0.3 is 0 Å². The Balaban J connectivity index is 1.92. The van der Waals surface area contributed by atoms with Gasteiger partial charge in [-0.2, -0.15) is 0 Å². The van der Waals surface area contributed by atoms with Crippen molar-refractivity contribution in [1.29, 1.82) is 0 Å². The summed E-state index contributed by atoms with van der Waals surface area (Å²) in [6.45, 7) is 0. The number of hydrazine groups is 1. The van der Waals surface area contributed by atoms with E-state index < -0.39 is 11.8 Å². The summed E-state index contributed by atoms with van der Waals surface area (Å²) in [5.74, 6) is -1.28. The zero-order chi connectivity index (χ0) is 14.8. The summed E-state index contributed by atoms with van der Waals surface area (Å²) >= 11 is 0. The number of carbonyl (C=O) groups excluding carboxylic acids is 2. The lowest BCUT2D eigenvalue weighted by Gasteiger charge is -2.13. The van der Waals surface area contributed by atoms with Crippen LogP contribution in [0.5, 0.6) is 0 Å². The van der Waals surface area contributed by atoms with Gasteiger partial charge in [0.1, 0.15) is 11.4 Å². The molecule has 0 bridgehead atoms. The molecule has 5 heteroatoms. The summed E-state index contributed by atoms with van der Waals surface area (Å²) in [6.07, 6.45) is 1.44. The van der Waals surface area contributed by atoms with E-state index in [0.717, 1.165) is 0 Å². The Morgan fingerprint density at radius 1 is 0.952 bits per heavy atom. The Bertz CT molecular complexity index is 724. The first-order chi connectivity index (χ1) is 10.1. The van der Waals surface area contributed by atoms with E-state index in [2.05, 4.69) is 5.43 Å². The summed E-state index contributed by atoms with van der Waals surface area (Å²) < 4.78 is 12.9. The van der Waals surface area contributed by atoms with Crippen LogP contribution in [0.3, 0.4) is 0 Å². The standard InChI is InChI=1S/C16H11FN2O2/c17-12-8-6-11(7-9-12)10-14-15(20)18-19(16(14)21)13-4-2-1-3-5-13/h1-10H,(H,18,20)/b14-10-. The second kappa shape index (κ2) is 5.20. The van der Waals surface area contributed by atoms with Crippen molar-refractivity contribution < 1.29 is 14.0 Å². The van der Waals surface area contributed by atoms with Crippen LogP contribution in [-0.2, 0) is 9.59 Å². The van der Waals surface area contributed by atoms with Gasteiger partial charge in [-0.05, 0) is 35.9 Å². The molecule has 0 unspecified atom stereocenters. The first-order valence-electron chi connectivity index (χ1n) is 6.33. The van der Waals surface area contributed by atoms with Crippen molar-refractivity contribution in [2.45, 2.75) is 0 Å². The lowest BCUT2D eigenvalue weighted by Crippen LogP contribution is -2.35. The van der Waals surface area contributed by atoms with Gasteiger partial charge in [0.25, 0.3) is 11.8 Å². The third-order valence-electron chi connectivity index (χ3n) is 3.09. The SMILES string of the molecule is O=C1NN(c2ccccc2)C(=O)/C1=C\c1ccc(F)cc1. The van der Waals surface area contributed by atoms with E-state index in [9.17, 15) is 14.0 Å². The topological polar surface area (TPSA) is 49.4 Å². The van der Waals surface area contributed by atoms with Crippen LogP contribution in [0.1, 0.15) is 5.56 Å². The van der Waals surface area contributed by atoms with E-state index in [1.807, 2.05) is 6.07 Å². The highest BCUT2D eigenvalue weighted by atomic mass is 19.1. The number of nitrogens with one attached hydrogen (secondary N) is 1. The smallest absolute Gasteiger partial charge is 0.267 e. The Kier molecular flexibility index (Phi) is 3.23. The molecule has 2 amide bonds. The number of nitrogens with zero attached hydrogens (tertiary/aromatic N) is 1. The van der Waals surface area contributed by atoms with E-state index in [4.69, 9.17) is 0 Å². The van der Waals surface area contributed by atoms with Gasteiger partial charge in [-0.3, -0.25) is 15.0 Å². The maximum absolute atomic E-state index is 12.9. The third-order valence-corrected chi connectivity index (χ3v) is 3.09. The number of anilines is 1. The van der Waals surface area contributed by atoms with E-state index in [0.29, 0.717) is 11.3 Å². The molecule has 1 N–H and O–H groups in total. The maximum atomic E-state index is 12.9. The van der Waals surface area contributed by atoms with Gasteiger partial charge in [0.15, 0.2) is 0 Å². The predicted molar refractivity (Wildman–Crippen MR) is 76.4 cm³/mol. The van der Waals surface area contributed by atoms with Gasteiger partial charge in [-0.15, -0.1) is 0 Å². The minimum absolute atomic E-state index is 0.0189. The van der Waals surface area contributed by atoms with Crippen molar-refractivity contribution in [2.24, 2.45) is 0 Å². The second-order valence-electron chi connectivity index (χ2n) is 4.53. The molecule has 1 heterocycles. The van der Waals surface area contributed by atoms with Crippen LogP contribution in [0.2, 0.25) is 0 Å². The van der Waals surface area contributed by atoms with Crippen molar-refractivity contribution in [3.63, 3.8) is 0 Å². The summed E-state index contributed by atoms with van der Waals surface area (Å²) in [4.78, 5) is 24.2. The quantitative estimate of drug-likeness (QED) is 0.678. The molecule has 1 fully saturated rings. The third kappa shape index (κ3) is 2.53. The fourth-order valence-corrected chi connectivity index (χ4v) is 2.04. The van der Waals surface area contributed by atoms with Crippen LogP contribution < -0.4 is 10.4 Å².